The first kappa shape index (κ1) is 12.8. The number of carboxylic acid groups (broad SMARTS) is 1. The van der Waals surface area contributed by atoms with Gasteiger partial charge in [-0.25, -0.2) is 9.59 Å². The first-order valence-corrected chi connectivity index (χ1v) is 5.43. The smallest absolute Gasteiger partial charge is 0.411 e. The Hall–Kier alpha value is -1.26. The molecule has 1 N–H and O–H groups in total. The number of aliphatic carboxylic acids is 1. The number of likely N-dealkylation sites (tertiary alicyclic amines) is 1. The summed E-state index contributed by atoms with van der Waals surface area (Å²) in [5.41, 5.74) is -0.591. The molecule has 92 valence electrons. The maximum absolute atomic E-state index is 11.8. The van der Waals surface area contributed by atoms with E-state index >= 15 is 0 Å². The van der Waals surface area contributed by atoms with Gasteiger partial charge in [-0.2, -0.15) is 0 Å². The number of amides is 1. The minimum atomic E-state index is -0.963. The van der Waals surface area contributed by atoms with Crippen LogP contribution in [0.5, 0.6) is 0 Å². The zero-order valence-corrected chi connectivity index (χ0v) is 10.2. The summed E-state index contributed by atoms with van der Waals surface area (Å²) >= 11 is 0. The molecule has 1 fully saturated rings. The summed E-state index contributed by atoms with van der Waals surface area (Å²) in [5.74, 6) is -0.760. The van der Waals surface area contributed by atoms with Crippen LogP contribution in [-0.4, -0.2) is 40.3 Å². The van der Waals surface area contributed by atoms with Gasteiger partial charge in [0.15, 0.2) is 0 Å². The summed E-state index contributed by atoms with van der Waals surface area (Å²) in [7, 11) is 0. The summed E-state index contributed by atoms with van der Waals surface area (Å²) in [5, 5.41) is 9.00. The Kier molecular flexibility index (Phi) is 3.45. The first-order chi connectivity index (χ1) is 7.20. The van der Waals surface area contributed by atoms with Crippen LogP contribution in [-0.2, 0) is 9.53 Å². The molecule has 0 bridgehead atoms. The van der Waals surface area contributed by atoms with E-state index in [1.807, 2.05) is 6.92 Å². The lowest BCUT2D eigenvalue weighted by atomic mass is 10.1. The summed E-state index contributed by atoms with van der Waals surface area (Å²) in [6.07, 6.45) is -0.0431. The van der Waals surface area contributed by atoms with Crippen LogP contribution in [0.1, 0.15) is 34.1 Å². The molecule has 5 nitrogen and oxygen atoms in total. The van der Waals surface area contributed by atoms with E-state index in [1.165, 1.54) is 4.90 Å². The Labute approximate surface area is 95.4 Å². The Balaban J connectivity index is 2.71. The van der Waals surface area contributed by atoms with E-state index in [0.717, 1.165) is 0 Å². The van der Waals surface area contributed by atoms with Crippen molar-refractivity contribution in [1.29, 1.82) is 0 Å². The van der Waals surface area contributed by atoms with Crippen molar-refractivity contribution in [2.75, 3.05) is 6.54 Å². The van der Waals surface area contributed by atoms with Crippen LogP contribution < -0.4 is 0 Å². The Morgan fingerprint density at radius 1 is 1.38 bits per heavy atom. The highest BCUT2D eigenvalue weighted by Crippen LogP contribution is 2.25. The molecule has 0 saturated carbocycles. The number of nitrogens with zero attached hydrogens (tertiary/aromatic N) is 1. The van der Waals surface area contributed by atoms with Gasteiger partial charge in [-0.3, -0.25) is 4.90 Å². The van der Waals surface area contributed by atoms with Gasteiger partial charge in [0.25, 0.3) is 0 Å². The number of hydrogen-bond acceptors (Lipinski definition) is 3. The van der Waals surface area contributed by atoms with Crippen molar-refractivity contribution in [2.45, 2.75) is 45.8 Å². The normalized spacial score (nSPS) is 25.6. The van der Waals surface area contributed by atoms with Gasteiger partial charge in [-0.15, -0.1) is 0 Å². The number of hydrogen-bond donors (Lipinski definition) is 1. The number of carboxylic acids is 1. The minimum Gasteiger partial charge on any atom is -0.480 e. The Bertz CT molecular complexity index is 295. The lowest BCUT2D eigenvalue weighted by Crippen LogP contribution is -2.43. The predicted molar refractivity (Wildman–Crippen MR) is 58.1 cm³/mol. The van der Waals surface area contributed by atoms with Gasteiger partial charge in [-0.1, -0.05) is 6.92 Å². The maximum Gasteiger partial charge on any atom is 0.411 e. The van der Waals surface area contributed by atoms with E-state index in [9.17, 15) is 9.59 Å². The maximum atomic E-state index is 11.8. The Morgan fingerprint density at radius 3 is 2.38 bits per heavy atom. The SMILES string of the molecule is CC1CC(C(=O)O)N(C(=O)OC(C)(C)C)C1. The molecule has 2 unspecified atom stereocenters. The summed E-state index contributed by atoms with van der Waals surface area (Å²) in [6.45, 7) is 7.67. The molecule has 1 saturated heterocycles. The van der Waals surface area contributed by atoms with Gasteiger partial charge < -0.3 is 9.84 Å². The second-order valence-corrected chi connectivity index (χ2v) is 5.33. The third-order valence-corrected chi connectivity index (χ3v) is 2.42. The molecule has 5 heteroatoms. The molecule has 0 aromatic carbocycles. The molecule has 2 atom stereocenters. The Morgan fingerprint density at radius 2 is 1.94 bits per heavy atom. The van der Waals surface area contributed by atoms with Crippen LogP contribution in [0.2, 0.25) is 0 Å². The third kappa shape index (κ3) is 3.12. The van der Waals surface area contributed by atoms with E-state index in [-0.39, 0.29) is 5.92 Å². The predicted octanol–water partition coefficient (Wildman–Crippen LogP) is 1.72. The number of carbonyl (C=O) groups excluding carboxylic acids is 1. The zero-order valence-electron chi connectivity index (χ0n) is 10.2. The van der Waals surface area contributed by atoms with Crippen molar-refractivity contribution >= 4 is 12.1 Å². The zero-order chi connectivity index (χ0) is 12.5. The van der Waals surface area contributed by atoms with Gasteiger partial charge in [0.05, 0.1) is 0 Å². The van der Waals surface area contributed by atoms with Crippen molar-refractivity contribution in [1.82, 2.24) is 4.90 Å². The molecular formula is C11H19NO4. The highest BCUT2D eigenvalue weighted by Gasteiger charge is 2.39. The standard InChI is InChI=1S/C11H19NO4/c1-7-5-8(9(13)14)12(6-7)10(15)16-11(2,3)4/h7-8H,5-6H2,1-4H3,(H,13,14). The van der Waals surface area contributed by atoms with Crippen LogP contribution in [0.25, 0.3) is 0 Å². The fourth-order valence-corrected chi connectivity index (χ4v) is 1.80. The van der Waals surface area contributed by atoms with Crippen LogP contribution in [0.15, 0.2) is 0 Å². The van der Waals surface area contributed by atoms with E-state index in [0.29, 0.717) is 13.0 Å². The average molecular weight is 229 g/mol. The average Bonchev–Trinajstić information content (AvgIpc) is 2.44. The summed E-state index contributed by atoms with van der Waals surface area (Å²) in [4.78, 5) is 24.0. The second kappa shape index (κ2) is 4.31. The molecule has 1 aliphatic rings. The molecule has 16 heavy (non-hydrogen) atoms. The van der Waals surface area contributed by atoms with Gasteiger partial charge in [0.1, 0.15) is 11.6 Å². The molecule has 0 radical (unpaired) electrons. The van der Waals surface area contributed by atoms with Crippen molar-refractivity contribution in [3.8, 4) is 0 Å². The lowest BCUT2D eigenvalue weighted by molar-refractivity contribution is -0.142. The number of carbonyl (C=O) groups is 2. The lowest BCUT2D eigenvalue weighted by Gasteiger charge is -2.26. The molecule has 1 aliphatic heterocycles. The van der Waals surface area contributed by atoms with Crippen molar-refractivity contribution in [2.24, 2.45) is 5.92 Å². The molecule has 0 aliphatic carbocycles. The number of ether oxygens (including phenoxy) is 1. The van der Waals surface area contributed by atoms with Crippen molar-refractivity contribution in [3.63, 3.8) is 0 Å². The minimum absolute atomic E-state index is 0.202. The third-order valence-electron chi connectivity index (χ3n) is 2.42. The topological polar surface area (TPSA) is 66.8 Å². The van der Waals surface area contributed by atoms with Gasteiger partial charge >= 0.3 is 12.1 Å². The molecule has 0 aromatic heterocycles. The molecule has 0 aromatic rings. The molecule has 1 rings (SSSR count). The van der Waals surface area contributed by atoms with Crippen molar-refractivity contribution in [3.05, 3.63) is 0 Å². The van der Waals surface area contributed by atoms with Crippen LogP contribution >= 0.6 is 0 Å². The largest absolute Gasteiger partial charge is 0.480 e. The molecule has 1 heterocycles. The highest BCUT2D eigenvalue weighted by atomic mass is 16.6. The summed E-state index contributed by atoms with van der Waals surface area (Å²) < 4.78 is 5.17. The number of rotatable bonds is 1. The monoisotopic (exact) mass is 229 g/mol. The second-order valence-electron chi connectivity index (χ2n) is 5.33. The first-order valence-electron chi connectivity index (χ1n) is 5.43. The fraction of sp³-hybridized carbons (Fsp3) is 0.818. The van der Waals surface area contributed by atoms with E-state index < -0.39 is 23.7 Å². The van der Waals surface area contributed by atoms with Crippen molar-refractivity contribution < 1.29 is 19.4 Å². The van der Waals surface area contributed by atoms with E-state index in [1.54, 1.807) is 20.8 Å². The molecule has 0 spiro atoms. The van der Waals surface area contributed by atoms with Gasteiger partial charge in [0.2, 0.25) is 0 Å². The van der Waals surface area contributed by atoms with Crippen LogP contribution in [0.3, 0.4) is 0 Å². The quantitative estimate of drug-likeness (QED) is 0.743. The van der Waals surface area contributed by atoms with E-state index in [2.05, 4.69) is 0 Å². The fourth-order valence-electron chi connectivity index (χ4n) is 1.80. The van der Waals surface area contributed by atoms with Crippen LogP contribution in [0, 0.1) is 5.92 Å². The molecule has 1 amide bonds. The van der Waals surface area contributed by atoms with Gasteiger partial charge in [0, 0.05) is 6.54 Å². The summed E-state index contributed by atoms with van der Waals surface area (Å²) in [6, 6.07) is -0.746. The van der Waals surface area contributed by atoms with E-state index in [4.69, 9.17) is 9.84 Å². The highest BCUT2D eigenvalue weighted by molar-refractivity contribution is 5.80. The van der Waals surface area contributed by atoms with Crippen LogP contribution in [0.4, 0.5) is 4.79 Å². The molecular weight excluding hydrogens is 210 g/mol. The van der Waals surface area contributed by atoms with Gasteiger partial charge in [-0.05, 0) is 33.1 Å².